The second kappa shape index (κ2) is 7.85. The van der Waals surface area contributed by atoms with Crippen LogP contribution in [0, 0.1) is 11.8 Å². The van der Waals surface area contributed by atoms with Crippen molar-refractivity contribution in [2.24, 2.45) is 0 Å². The van der Waals surface area contributed by atoms with E-state index in [9.17, 15) is 0 Å². The summed E-state index contributed by atoms with van der Waals surface area (Å²) in [4.78, 5) is 2.16. The third-order valence-electron chi connectivity index (χ3n) is 3.77. The van der Waals surface area contributed by atoms with E-state index in [4.69, 9.17) is 0 Å². The van der Waals surface area contributed by atoms with Crippen LogP contribution in [0.3, 0.4) is 0 Å². The molecule has 1 nitrogen and oxygen atoms in total. The van der Waals surface area contributed by atoms with Gasteiger partial charge in [0.25, 0.3) is 0 Å². The molecule has 0 spiro atoms. The standard InChI is InChI=1S/C23H19N/c1-24(22-17-9-4-10-18-22)23(21-15-7-3-8-16-21)19-11-14-20-12-5-2-6-13-20/h2-10,12-13,15-19H,1H3/b23-19-. The predicted molar refractivity (Wildman–Crippen MR) is 103 cm³/mol. The first kappa shape index (κ1) is 15.6. The normalized spacial score (nSPS) is 10.6. The molecule has 0 aliphatic heterocycles. The highest BCUT2D eigenvalue weighted by atomic mass is 15.1. The van der Waals surface area contributed by atoms with Crippen LogP contribution in [0.1, 0.15) is 11.1 Å². The highest BCUT2D eigenvalue weighted by molar-refractivity contribution is 5.80. The van der Waals surface area contributed by atoms with Crippen molar-refractivity contribution in [1.82, 2.24) is 0 Å². The van der Waals surface area contributed by atoms with Crippen LogP contribution in [0.5, 0.6) is 0 Å². The zero-order valence-corrected chi connectivity index (χ0v) is 13.7. The van der Waals surface area contributed by atoms with Crippen molar-refractivity contribution in [3.8, 4) is 11.8 Å². The van der Waals surface area contributed by atoms with Gasteiger partial charge in [-0.2, -0.15) is 0 Å². The molecule has 3 aromatic rings. The molecule has 0 fully saturated rings. The zero-order valence-electron chi connectivity index (χ0n) is 13.7. The van der Waals surface area contributed by atoms with E-state index in [1.165, 1.54) is 0 Å². The Hall–Kier alpha value is -3.24. The molecule has 0 atom stereocenters. The van der Waals surface area contributed by atoms with Gasteiger partial charge in [0.1, 0.15) is 0 Å². The van der Waals surface area contributed by atoms with Gasteiger partial charge in [-0.05, 0) is 29.8 Å². The number of hydrogen-bond acceptors (Lipinski definition) is 1. The topological polar surface area (TPSA) is 3.24 Å². The number of nitrogens with zero attached hydrogens (tertiary/aromatic N) is 1. The molecule has 3 aromatic carbocycles. The van der Waals surface area contributed by atoms with Crippen molar-refractivity contribution < 1.29 is 0 Å². The van der Waals surface area contributed by atoms with Crippen LogP contribution >= 0.6 is 0 Å². The maximum atomic E-state index is 3.20. The molecule has 0 aliphatic rings. The highest BCUT2D eigenvalue weighted by Crippen LogP contribution is 2.24. The summed E-state index contributed by atoms with van der Waals surface area (Å²) in [6.07, 6.45) is 1.98. The maximum Gasteiger partial charge on any atom is 0.0566 e. The SMILES string of the molecule is CN(/C(=C\C#Cc1ccccc1)c1ccccc1)c1ccccc1. The van der Waals surface area contributed by atoms with E-state index in [2.05, 4.69) is 48.1 Å². The maximum absolute atomic E-state index is 3.20. The molecule has 0 saturated heterocycles. The van der Waals surface area contributed by atoms with Gasteiger partial charge in [-0.3, -0.25) is 0 Å². The molecule has 0 unspecified atom stereocenters. The molecule has 24 heavy (non-hydrogen) atoms. The van der Waals surface area contributed by atoms with Gasteiger partial charge in [0.05, 0.1) is 5.70 Å². The molecule has 1 heteroatoms. The molecule has 0 aliphatic carbocycles. The van der Waals surface area contributed by atoms with E-state index in [1.807, 2.05) is 72.8 Å². The van der Waals surface area contributed by atoms with Crippen molar-refractivity contribution in [3.05, 3.63) is 108 Å². The van der Waals surface area contributed by atoms with Crippen molar-refractivity contribution in [1.29, 1.82) is 0 Å². The molecule has 3 rings (SSSR count). The molecule has 0 amide bonds. The van der Waals surface area contributed by atoms with E-state index in [-0.39, 0.29) is 0 Å². The molecular weight excluding hydrogens is 290 g/mol. The average Bonchev–Trinajstić information content (AvgIpc) is 2.67. The Kier molecular flexibility index (Phi) is 5.12. The highest BCUT2D eigenvalue weighted by Gasteiger charge is 2.08. The average molecular weight is 309 g/mol. The second-order valence-electron chi connectivity index (χ2n) is 5.43. The molecular formula is C23H19N. The van der Waals surface area contributed by atoms with Gasteiger partial charge in [0.2, 0.25) is 0 Å². The smallest absolute Gasteiger partial charge is 0.0566 e. The summed E-state index contributed by atoms with van der Waals surface area (Å²) in [5, 5.41) is 0. The third-order valence-corrected chi connectivity index (χ3v) is 3.77. The molecule has 0 radical (unpaired) electrons. The molecule has 0 N–H and O–H groups in total. The minimum Gasteiger partial charge on any atom is -0.344 e. The molecule has 0 heterocycles. The lowest BCUT2D eigenvalue weighted by Crippen LogP contribution is -2.15. The van der Waals surface area contributed by atoms with E-state index >= 15 is 0 Å². The Morgan fingerprint density at radius 2 is 1.29 bits per heavy atom. The van der Waals surface area contributed by atoms with Crippen molar-refractivity contribution >= 4 is 11.4 Å². The zero-order chi connectivity index (χ0) is 16.6. The lowest BCUT2D eigenvalue weighted by atomic mass is 10.1. The Labute approximate surface area is 143 Å². The van der Waals surface area contributed by atoms with Crippen LogP contribution in [-0.2, 0) is 0 Å². The molecule has 0 bridgehead atoms. The van der Waals surface area contributed by atoms with Gasteiger partial charge >= 0.3 is 0 Å². The monoisotopic (exact) mass is 309 g/mol. The fourth-order valence-corrected chi connectivity index (χ4v) is 2.48. The molecule has 116 valence electrons. The van der Waals surface area contributed by atoms with Crippen molar-refractivity contribution in [2.75, 3.05) is 11.9 Å². The summed E-state index contributed by atoms with van der Waals surface area (Å²) >= 11 is 0. The second-order valence-corrected chi connectivity index (χ2v) is 5.43. The fraction of sp³-hybridized carbons (Fsp3) is 0.0435. The summed E-state index contributed by atoms with van der Waals surface area (Å²) in [6.45, 7) is 0. The predicted octanol–water partition coefficient (Wildman–Crippen LogP) is 5.22. The minimum atomic E-state index is 1.02. The van der Waals surface area contributed by atoms with E-state index in [0.29, 0.717) is 0 Å². The summed E-state index contributed by atoms with van der Waals surface area (Å²) in [5.74, 6) is 6.40. The largest absolute Gasteiger partial charge is 0.344 e. The van der Waals surface area contributed by atoms with Gasteiger partial charge in [0, 0.05) is 24.4 Å². The lowest BCUT2D eigenvalue weighted by Gasteiger charge is -2.22. The minimum absolute atomic E-state index is 1.02. The first-order chi connectivity index (χ1) is 11.8. The number of rotatable bonds is 3. The summed E-state index contributed by atoms with van der Waals surface area (Å²) in [7, 11) is 2.07. The first-order valence-corrected chi connectivity index (χ1v) is 7.95. The summed E-state index contributed by atoms with van der Waals surface area (Å²) in [6, 6.07) is 30.7. The van der Waals surface area contributed by atoms with Gasteiger partial charge < -0.3 is 4.90 Å². The number of hydrogen-bond donors (Lipinski definition) is 0. The van der Waals surface area contributed by atoms with Crippen LogP contribution in [-0.4, -0.2) is 7.05 Å². The van der Waals surface area contributed by atoms with Crippen LogP contribution in [0.4, 0.5) is 5.69 Å². The number of anilines is 1. The summed E-state index contributed by atoms with van der Waals surface area (Å²) < 4.78 is 0. The van der Waals surface area contributed by atoms with Crippen LogP contribution < -0.4 is 4.90 Å². The number of benzene rings is 3. The Bertz CT molecular complexity index is 853. The Morgan fingerprint density at radius 1 is 0.750 bits per heavy atom. The van der Waals surface area contributed by atoms with E-state index in [0.717, 1.165) is 22.5 Å². The number of allylic oxidation sites excluding steroid dienone is 1. The third kappa shape index (κ3) is 3.94. The molecule has 0 saturated carbocycles. The van der Waals surface area contributed by atoms with Crippen molar-refractivity contribution in [3.63, 3.8) is 0 Å². The fourth-order valence-electron chi connectivity index (χ4n) is 2.48. The van der Waals surface area contributed by atoms with E-state index < -0.39 is 0 Å². The van der Waals surface area contributed by atoms with Gasteiger partial charge in [-0.1, -0.05) is 78.6 Å². The van der Waals surface area contributed by atoms with Gasteiger partial charge in [-0.25, -0.2) is 0 Å². The quantitative estimate of drug-likeness (QED) is 0.600. The lowest BCUT2D eigenvalue weighted by molar-refractivity contribution is 1.22. The first-order valence-electron chi connectivity index (χ1n) is 7.95. The van der Waals surface area contributed by atoms with E-state index in [1.54, 1.807) is 0 Å². The van der Waals surface area contributed by atoms with Crippen LogP contribution in [0.2, 0.25) is 0 Å². The van der Waals surface area contributed by atoms with Gasteiger partial charge in [0.15, 0.2) is 0 Å². The van der Waals surface area contributed by atoms with Crippen LogP contribution in [0.15, 0.2) is 97.1 Å². The number of para-hydroxylation sites is 1. The Balaban J connectivity index is 1.97. The molecule has 0 aromatic heterocycles. The Morgan fingerprint density at radius 3 is 1.92 bits per heavy atom. The van der Waals surface area contributed by atoms with Crippen LogP contribution in [0.25, 0.3) is 5.70 Å². The van der Waals surface area contributed by atoms with Crippen molar-refractivity contribution in [2.45, 2.75) is 0 Å². The van der Waals surface area contributed by atoms with Gasteiger partial charge in [-0.15, -0.1) is 0 Å². The summed E-state index contributed by atoms with van der Waals surface area (Å²) in [5.41, 5.74) is 4.37.